The van der Waals surface area contributed by atoms with Crippen molar-refractivity contribution in [3.05, 3.63) is 65.2 Å². The summed E-state index contributed by atoms with van der Waals surface area (Å²) in [5.74, 6) is -3.67. The van der Waals surface area contributed by atoms with Gasteiger partial charge in [0.1, 0.15) is 23.3 Å². The van der Waals surface area contributed by atoms with Crippen LogP contribution in [-0.4, -0.2) is 78.6 Å². The maximum Gasteiger partial charge on any atom is 0.339 e. The van der Waals surface area contributed by atoms with Crippen LogP contribution in [0.2, 0.25) is 0 Å². The van der Waals surface area contributed by atoms with E-state index in [1.54, 1.807) is 37.3 Å². The van der Waals surface area contributed by atoms with Gasteiger partial charge in [-0.3, -0.25) is 19.9 Å². The second-order valence-electron chi connectivity index (χ2n) is 9.00. The summed E-state index contributed by atoms with van der Waals surface area (Å²) in [5, 5.41) is 34.3. The third-order valence-electron chi connectivity index (χ3n) is 6.11. The number of aromatic carboxylic acids is 1. The molecule has 6 N–H and O–H groups in total. The zero-order valence-electron chi connectivity index (χ0n) is 21.3. The number of nitrogen functional groups attached to an aromatic ring is 1. The van der Waals surface area contributed by atoms with Crippen molar-refractivity contribution < 1.29 is 33.0 Å². The molecule has 1 heterocycles. The minimum absolute atomic E-state index is 0.0302. The van der Waals surface area contributed by atoms with Crippen LogP contribution >= 0.6 is 0 Å². The van der Waals surface area contributed by atoms with Crippen LogP contribution in [0.3, 0.4) is 0 Å². The van der Waals surface area contributed by atoms with E-state index in [0.29, 0.717) is 42.9 Å². The van der Waals surface area contributed by atoms with Gasteiger partial charge in [0.15, 0.2) is 5.75 Å². The van der Waals surface area contributed by atoms with Gasteiger partial charge in [0.05, 0.1) is 18.1 Å². The van der Waals surface area contributed by atoms with Crippen LogP contribution in [0.4, 0.5) is 5.69 Å². The largest absolute Gasteiger partial charge is 0.489 e. The number of sulfonamides is 1. The average molecular weight is 558 g/mol. The SMILES string of the molecule is CC(=N)N1CCC(Oc2ccc(N(CC=Cc3cccc(C(=N)N)c3)S(=O)(=O)CC(=O)O)cc2C(=O)O)CC1. The van der Waals surface area contributed by atoms with Gasteiger partial charge in [0.2, 0.25) is 10.0 Å². The lowest BCUT2D eigenvalue weighted by Crippen LogP contribution is -2.40. The second kappa shape index (κ2) is 12.4. The molecule has 0 amide bonds. The van der Waals surface area contributed by atoms with E-state index < -0.39 is 27.7 Å². The Bertz CT molecular complexity index is 1400. The molecule has 1 saturated heterocycles. The van der Waals surface area contributed by atoms with E-state index in [0.717, 1.165) is 10.4 Å². The molecule has 0 atom stereocenters. The highest BCUT2D eigenvalue weighted by Gasteiger charge is 2.28. The summed E-state index contributed by atoms with van der Waals surface area (Å²) in [5.41, 5.74) is 6.34. The molecule has 208 valence electrons. The number of carbonyl (C=O) groups is 2. The number of anilines is 1. The molecule has 0 saturated carbocycles. The lowest BCUT2D eigenvalue weighted by atomic mass is 10.1. The normalized spacial score (nSPS) is 14.2. The number of nitrogens with one attached hydrogen (secondary N) is 2. The number of nitrogens with zero attached hydrogens (tertiary/aromatic N) is 2. The second-order valence-corrected chi connectivity index (χ2v) is 10.9. The van der Waals surface area contributed by atoms with Crippen LogP contribution in [0.1, 0.15) is 41.3 Å². The fraction of sp³-hybridized carbons (Fsp3) is 0.308. The first-order valence-corrected chi connectivity index (χ1v) is 13.7. The van der Waals surface area contributed by atoms with Crippen molar-refractivity contribution in [1.29, 1.82) is 10.8 Å². The van der Waals surface area contributed by atoms with E-state index in [-0.39, 0.29) is 35.5 Å². The molecule has 39 heavy (non-hydrogen) atoms. The highest BCUT2D eigenvalue weighted by molar-refractivity contribution is 7.93. The van der Waals surface area contributed by atoms with Crippen LogP contribution in [0.25, 0.3) is 6.08 Å². The summed E-state index contributed by atoms with van der Waals surface area (Å²) in [6.07, 6.45) is 3.98. The molecule has 0 aliphatic carbocycles. The fourth-order valence-electron chi connectivity index (χ4n) is 4.14. The minimum atomic E-state index is -4.38. The number of carboxylic acids is 2. The molecule has 3 rings (SSSR count). The van der Waals surface area contributed by atoms with Crippen molar-refractivity contribution in [3.63, 3.8) is 0 Å². The number of piperidine rings is 1. The number of amidine groups is 2. The lowest BCUT2D eigenvalue weighted by molar-refractivity contribution is -0.134. The average Bonchev–Trinajstić information content (AvgIpc) is 2.86. The number of rotatable bonds is 11. The Hall–Kier alpha value is -4.39. The van der Waals surface area contributed by atoms with E-state index in [2.05, 4.69) is 0 Å². The fourth-order valence-corrected chi connectivity index (χ4v) is 5.36. The molecule has 0 unspecified atom stereocenters. The molecule has 2 aromatic carbocycles. The predicted molar refractivity (Wildman–Crippen MR) is 147 cm³/mol. The van der Waals surface area contributed by atoms with Gasteiger partial charge in [-0.2, -0.15) is 0 Å². The number of hydrogen-bond acceptors (Lipinski definition) is 7. The van der Waals surface area contributed by atoms with Crippen LogP contribution in [-0.2, 0) is 14.8 Å². The maximum atomic E-state index is 13.0. The van der Waals surface area contributed by atoms with Gasteiger partial charge in [-0.15, -0.1) is 0 Å². The molecule has 2 aromatic rings. The first kappa shape index (κ1) is 29.2. The monoisotopic (exact) mass is 557 g/mol. The summed E-state index contributed by atoms with van der Waals surface area (Å²) in [4.78, 5) is 25.2. The van der Waals surface area contributed by atoms with E-state index in [1.165, 1.54) is 18.2 Å². The molecule has 0 aromatic heterocycles. The summed E-state index contributed by atoms with van der Waals surface area (Å²) in [6, 6.07) is 10.6. The summed E-state index contributed by atoms with van der Waals surface area (Å²) in [7, 11) is -4.38. The molecule has 1 aliphatic rings. The Morgan fingerprint density at radius 1 is 1.15 bits per heavy atom. The van der Waals surface area contributed by atoms with Crippen LogP contribution in [0.5, 0.6) is 5.75 Å². The summed E-state index contributed by atoms with van der Waals surface area (Å²) >= 11 is 0. The first-order valence-electron chi connectivity index (χ1n) is 12.0. The Morgan fingerprint density at radius 2 is 1.85 bits per heavy atom. The van der Waals surface area contributed by atoms with Gasteiger partial charge in [-0.25, -0.2) is 13.2 Å². The van der Waals surface area contributed by atoms with Gasteiger partial charge in [-0.1, -0.05) is 30.4 Å². The third kappa shape index (κ3) is 7.80. The molecule has 13 heteroatoms. The molecule has 1 aliphatic heterocycles. The molecular formula is C26H31N5O7S. The number of benzene rings is 2. The van der Waals surface area contributed by atoms with E-state index in [1.807, 2.05) is 4.90 Å². The number of ether oxygens (including phenoxy) is 1. The Kier molecular flexibility index (Phi) is 9.30. The van der Waals surface area contributed by atoms with E-state index in [4.69, 9.17) is 26.4 Å². The lowest BCUT2D eigenvalue weighted by Gasteiger charge is -2.33. The van der Waals surface area contributed by atoms with Crippen LogP contribution < -0.4 is 14.8 Å². The maximum absolute atomic E-state index is 13.0. The van der Waals surface area contributed by atoms with Gasteiger partial charge < -0.3 is 25.6 Å². The predicted octanol–water partition coefficient (Wildman–Crippen LogP) is 2.44. The topological polar surface area (TPSA) is 198 Å². The number of carboxylic acid groups (broad SMARTS) is 2. The van der Waals surface area contributed by atoms with Crippen molar-refractivity contribution in [2.75, 3.05) is 29.7 Å². The standard InChI is InChI=1S/C26H31N5O7S/c1-17(27)30-12-9-21(10-13-30)38-23-8-7-20(15-22(23)26(34)35)31(39(36,37)16-24(32)33)11-3-5-18-4-2-6-19(14-18)25(28)29/h2-8,14-15,21,27H,9-13,16H2,1H3,(H3,28,29)(H,32,33)(H,34,35). The van der Waals surface area contributed by atoms with E-state index >= 15 is 0 Å². The highest BCUT2D eigenvalue weighted by Crippen LogP contribution is 2.29. The number of aliphatic carboxylic acids is 1. The molecule has 12 nitrogen and oxygen atoms in total. The third-order valence-corrected chi connectivity index (χ3v) is 7.76. The summed E-state index contributed by atoms with van der Waals surface area (Å²) in [6.45, 7) is 2.62. The molecule has 1 fully saturated rings. The van der Waals surface area contributed by atoms with Gasteiger partial charge in [-0.05, 0) is 36.8 Å². The number of likely N-dealkylation sites (tertiary alicyclic amines) is 1. The molecule has 0 bridgehead atoms. The number of hydrogen-bond donors (Lipinski definition) is 5. The Morgan fingerprint density at radius 3 is 2.44 bits per heavy atom. The summed E-state index contributed by atoms with van der Waals surface area (Å²) < 4.78 is 32.7. The van der Waals surface area contributed by atoms with Crippen molar-refractivity contribution >= 4 is 45.4 Å². The van der Waals surface area contributed by atoms with Gasteiger partial charge in [0, 0.05) is 31.5 Å². The zero-order chi connectivity index (χ0) is 28.7. The van der Waals surface area contributed by atoms with E-state index in [9.17, 15) is 23.1 Å². The van der Waals surface area contributed by atoms with Crippen LogP contribution in [0.15, 0.2) is 48.5 Å². The Labute approximate surface area is 226 Å². The minimum Gasteiger partial charge on any atom is -0.489 e. The van der Waals surface area contributed by atoms with Crippen LogP contribution in [0, 0.1) is 10.8 Å². The molecule has 0 spiro atoms. The van der Waals surface area contributed by atoms with Crippen molar-refractivity contribution in [1.82, 2.24) is 4.90 Å². The van der Waals surface area contributed by atoms with Crippen molar-refractivity contribution in [2.45, 2.75) is 25.9 Å². The smallest absolute Gasteiger partial charge is 0.339 e. The van der Waals surface area contributed by atoms with Crippen molar-refractivity contribution in [3.8, 4) is 5.75 Å². The zero-order valence-corrected chi connectivity index (χ0v) is 22.1. The first-order chi connectivity index (χ1) is 18.4. The van der Waals surface area contributed by atoms with Crippen molar-refractivity contribution in [2.24, 2.45) is 5.73 Å². The molecule has 0 radical (unpaired) electrons. The highest BCUT2D eigenvalue weighted by atomic mass is 32.2. The molecular weight excluding hydrogens is 526 g/mol. The Balaban J connectivity index is 1.89. The number of nitrogens with two attached hydrogens (primary N) is 1. The van der Waals surface area contributed by atoms with Gasteiger partial charge in [0.25, 0.3) is 0 Å². The quantitative estimate of drug-likeness (QED) is 0.203. The van der Waals surface area contributed by atoms with Gasteiger partial charge >= 0.3 is 11.9 Å².